The molecule has 0 aromatic heterocycles. The van der Waals surface area contributed by atoms with Crippen LogP contribution in [0.5, 0.6) is 11.5 Å². The number of hydrogen-bond donors (Lipinski definition) is 1. The highest BCUT2D eigenvalue weighted by Gasteiger charge is 2.00. The van der Waals surface area contributed by atoms with Crippen LogP contribution < -0.4 is 4.74 Å². The van der Waals surface area contributed by atoms with Gasteiger partial charge in [-0.3, -0.25) is 0 Å². The topological polar surface area (TPSA) is 38.7 Å². The average molecular weight is 399 g/mol. The fraction of sp³-hybridized carbons (Fsp3) is 0.111. The lowest BCUT2D eigenvalue weighted by Gasteiger charge is -2.12. The van der Waals surface area contributed by atoms with Crippen molar-refractivity contribution in [3.63, 3.8) is 0 Å². The summed E-state index contributed by atoms with van der Waals surface area (Å²) in [5.41, 5.74) is 4.26. The summed E-state index contributed by atoms with van der Waals surface area (Å²) in [4.78, 5) is 0. The second-order valence-corrected chi connectivity index (χ2v) is 6.80. The zero-order valence-electron chi connectivity index (χ0n) is 17.2. The van der Waals surface area contributed by atoms with Crippen molar-refractivity contribution >= 4 is 18.2 Å². The minimum atomic E-state index is -0.283. The molecule has 152 valence electrons. The van der Waals surface area contributed by atoms with E-state index in [1.165, 1.54) is 0 Å². The molecule has 0 aliphatic carbocycles. The zero-order chi connectivity index (χ0) is 21.2. The Balaban J connectivity index is 1.81. The van der Waals surface area contributed by atoms with Gasteiger partial charge in [-0.2, -0.15) is 0 Å². The molecule has 30 heavy (non-hydrogen) atoms. The van der Waals surface area contributed by atoms with E-state index in [4.69, 9.17) is 9.47 Å². The predicted molar refractivity (Wildman–Crippen MR) is 124 cm³/mol. The summed E-state index contributed by atoms with van der Waals surface area (Å²) in [6.07, 6.45) is 10.1. The average Bonchev–Trinajstić information content (AvgIpc) is 2.78. The second-order valence-electron chi connectivity index (χ2n) is 6.80. The summed E-state index contributed by atoms with van der Waals surface area (Å²) in [6.45, 7) is 1.85. The number of allylic oxidation sites excluding steroid dienone is 3. The second kappa shape index (κ2) is 10.8. The molecule has 1 atom stereocenters. The van der Waals surface area contributed by atoms with Crippen LogP contribution in [0.2, 0.25) is 0 Å². The Bertz CT molecular complexity index is 998. The Hall–Kier alpha value is -3.56. The summed E-state index contributed by atoms with van der Waals surface area (Å²) in [6, 6.07) is 25.2. The van der Waals surface area contributed by atoms with E-state index in [1.54, 1.807) is 19.2 Å². The van der Waals surface area contributed by atoms with E-state index in [2.05, 4.69) is 42.5 Å². The third-order valence-electron chi connectivity index (χ3n) is 4.48. The van der Waals surface area contributed by atoms with Crippen LogP contribution >= 0.6 is 0 Å². The molecule has 1 N–H and O–H groups in total. The molecule has 0 heterocycles. The van der Waals surface area contributed by atoms with Gasteiger partial charge in [-0.05, 0) is 59.5 Å². The van der Waals surface area contributed by atoms with Gasteiger partial charge in [-0.1, -0.05) is 78.9 Å². The van der Waals surface area contributed by atoms with Gasteiger partial charge in [0.15, 0.2) is 6.29 Å². The first-order valence-corrected chi connectivity index (χ1v) is 9.84. The van der Waals surface area contributed by atoms with Gasteiger partial charge in [-0.25, -0.2) is 0 Å². The van der Waals surface area contributed by atoms with Crippen molar-refractivity contribution in [2.24, 2.45) is 0 Å². The third kappa shape index (κ3) is 6.80. The maximum Gasteiger partial charge on any atom is 0.196 e. The highest BCUT2D eigenvalue weighted by Crippen LogP contribution is 2.18. The molecule has 0 radical (unpaired) electrons. The van der Waals surface area contributed by atoms with E-state index in [0.717, 1.165) is 28.0 Å². The molecule has 0 amide bonds. The van der Waals surface area contributed by atoms with Crippen molar-refractivity contribution in [1.29, 1.82) is 0 Å². The van der Waals surface area contributed by atoms with E-state index < -0.39 is 0 Å². The zero-order valence-corrected chi connectivity index (χ0v) is 17.2. The maximum absolute atomic E-state index is 9.52. The highest BCUT2D eigenvalue weighted by atomic mass is 16.7. The van der Waals surface area contributed by atoms with E-state index in [-0.39, 0.29) is 12.0 Å². The lowest BCUT2D eigenvalue weighted by Crippen LogP contribution is -2.13. The lowest BCUT2D eigenvalue weighted by molar-refractivity contribution is -0.0382. The molecule has 3 rings (SSSR count). The van der Waals surface area contributed by atoms with Crippen molar-refractivity contribution in [1.82, 2.24) is 0 Å². The minimum Gasteiger partial charge on any atom is -0.508 e. The Morgan fingerprint density at radius 1 is 0.767 bits per heavy atom. The number of methoxy groups -OCH3 is 1. The monoisotopic (exact) mass is 398 g/mol. The van der Waals surface area contributed by atoms with Gasteiger partial charge in [0, 0.05) is 7.11 Å². The molecule has 0 saturated carbocycles. The fourth-order valence-electron chi connectivity index (χ4n) is 2.76. The number of phenolic OH excluding ortho intramolecular Hbond substituents is 1. The first-order valence-electron chi connectivity index (χ1n) is 9.84. The van der Waals surface area contributed by atoms with Crippen LogP contribution in [0.4, 0.5) is 0 Å². The van der Waals surface area contributed by atoms with Gasteiger partial charge in [0.05, 0.1) is 0 Å². The molecule has 3 aromatic rings. The SMILES string of the molecule is COC(C)Oc1ccc(C=CC(C=Cc2ccccc2)=Cc2ccc(O)cc2)cc1. The van der Waals surface area contributed by atoms with Crippen molar-refractivity contribution in [2.45, 2.75) is 13.2 Å². The van der Waals surface area contributed by atoms with Crippen LogP contribution in [-0.4, -0.2) is 18.5 Å². The molecule has 3 nitrogen and oxygen atoms in total. The van der Waals surface area contributed by atoms with Gasteiger partial charge in [0.1, 0.15) is 11.5 Å². The minimum absolute atomic E-state index is 0.258. The molecular weight excluding hydrogens is 372 g/mol. The standard InChI is InChI=1S/C27H26O3/c1-21(29-2)30-27-18-14-23(15-19-27)9-11-24(10-8-22-6-4-3-5-7-22)20-25-12-16-26(28)17-13-25/h3-21,28H,1-2H3. The number of aromatic hydroxyl groups is 1. The molecule has 1 unspecified atom stereocenters. The molecule has 0 aliphatic heterocycles. The van der Waals surface area contributed by atoms with Gasteiger partial charge in [0.2, 0.25) is 0 Å². The van der Waals surface area contributed by atoms with Crippen molar-refractivity contribution in [2.75, 3.05) is 7.11 Å². The third-order valence-corrected chi connectivity index (χ3v) is 4.48. The number of rotatable bonds is 8. The van der Waals surface area contributed by atoms with Crippen LogP contribution in [0.25, 0.3) is 18.2 Å². The molecular formula is C27H26O3. The lowest BCUT2D eigenvalue weighted by atomic mass is 10.1. The van der Waals surface area contributed by atoms with Crippen LogP contribution in [0.3, 0.4) is 0 Å². The summed E-state index contributed by atoms with van der Waals surface area (Å²) < 4.78 is 10.8. The van der Waals surface area contributed by atoms with E-state index in [9.17, 15) is 5.11 Å². The Morgan fingerprint density at radius 2 is 1.33 bits per heavy atom. The summed E-state index contributed by atoms with van der Waals surface area (Å²) in [5.74, 6) is 1.03. The number of benzene rings is 3. The smallest absolute Gasteiger partial charge is 0.196 e. The van der Waals surface area contributed by atoms with Gasteiger partial charge in [-0.15, -0.1) is 0 Å². The molecule has 3 aromatic carbocycles. The first kappa shape index (κ1) is 21.2. The van der Waals surface area contributed by atoms with Crippen molar-refractivity contribution < 1.29 is 14.6 Å². The first-order chi connectivity index (χ1) is 14.6. The quantitative estimate of drug-likeness (QED) is 0.344. The summed E-state index contributed by atoms with van der Waals surface area (Å²) in [5, 5.41) is 9.52. The number of ether oxygens (including phenoxy) is 2. The highest BCUT2D eigenvalue weighted by molar-refractivity contribution is 5.68. The van der Waals surface area contributed by atoms with Crippen molar-refractivity contribution in [3.05, 3.63) is 113 Å². The summed E-state index contributed by atoms with van der Waals surface area (Å²) >= 11 is 0. The van der Waals surface area contributed by atoms with Gasteiger partial charge in [0.25, 0.3) is 0 Å². The van der Waals surface area contributed by atoms with Gasteiger partial charge < -0.3 is 14.6 Å². The van der Waals surface area contributed by atoms with Crippen LogP contribution in [0.15, 0.2) is 96.6 Å². The largest absolute Gasteiger partial charge is 0.508 e. The maximum atomic E-state index is 9.52. The fourth-order valence-corrected chi connectivity index (χ4v) is 2.76. The molecule has 0 bridgehead atoms. The van der Waals surface area contributed by atoms with Crippen molar-refractivity contribution in [3.8, 4) is 11.5 Å². The van der Waals surface area contributed by atoms with E-state index >= 15 is 0 Å². The van der Waals surface area contributed by atoms with Crippen LogP contribution in [-0.2, 0) is 4.74 Å². The Kier molecular flexibility index (Phi) is 7.64. The van der Waals surface area contributed by atoms with Crippen LogP contribution in [0, 0.1) is 0 Å². The molecule has 0 aliphatic rings. The molecule has 0 spiro atoms. The molecule has 0 fully saturated rings. The van der Waals surface area contributed by atoms with Crippen LogP contribution in [0.1, 0.15) is 23.6 Å². The van der Waals surface area contributed by atoms with E-state index in [0.29, 0.717) is 0 Å². The number of phenols is 1. The normalized spacial score (nSPS) is 13.1. The molecule has 0 saturated heterocycles. The summed E-state index contributed by atoms with van der Waals surface area (Å²) in [7, 11) is 1.62. The Morgan fingerprint density at radius 3 is 1.93 bits per heavy atom. The Labute approximate surface area is 178 Å². The van der Waals surface area contributed by atoms with Gasteiger partial charge >= 0.3 is 0 Å². The molecule has 3 heteroatoms. The van der Waals surface area contributed by atoms with E-state index in [1.807, 2.05) is 61.5 Å². The number of hydrogen-bond acceptors (Lipinski definition) is 3. The predicted octanol–water partition coefficient (Wildman–Crippen LogP) is 6.57.